The van der Waals surface area contributed by atoms with E-state index in [2.05, 4.69) is 4.74 Å². The number of hydrogen-bond acceptors (Lipinski definition) is 4. The molecule has 0 amide bonds. The molecule has 0 bridgehead atoms. The van der Waals surface area contributed by atoms with Crippen LogP contribution in [0.2, 0.25) is 0 Å². The Morgan fingerprint density at radius 3 is 2.91 bits per heavy atom. The van der Waals surface area contributed by atoms with Crippen LogP contribution >= 0.6 is 0 Å². The van der Waals surface area contributed by atoms with E-state index in [1.54, 1.807) is 6.92 Å². The van der Waals surface area contributed by atoms with Gasteiger partial charge in [-0.1, -0.05) is 0 Å². The molecule has 0 spiro atoms. The van der Waals surface area contributed by atoms with Crippen LogP contribution in [0.25, 0.3) is 0 Å². The van der Waals surface area contributed by atoms with Crippen LogP contribution in [0.3, 0.4) is 0 Å². The van der Waals surface area contributed by atoms with Gasteiger partial charge in [0.05, 0.1) is 25.7 Å². The Balaban J connectivity index is 3.12. The Labute approximate surface area is 65.7 Å². The van der Waals surface area contributed by atoms with E-state index in [1.165, 1.54) is 0 Å². The molecule has 0 rings (SSSR count). The van der Waals surface area contributed by atoms with Crippen molar-refractivity contribution >= 4 is 5.97 Å². The van der Waals surface area contributed by atoms with Gasteiger partial charge in [-0.3, -0.25) is 0 Å². The summed E-state index contributed by atoms with van der Waals surface area (Å²) in [6, 6.07) is 1.90. The molecule has 0 aromatic rings. The standard InChI is InChI=1S/C7H11NO3/c1-2-11-7(9)6-10-5-3-4-8/h2-3,5-6H2,1H3. The Hall–Kier alpha value is -1.08. The molecule has 0 saturated heterocycles. The zero-order valence-corrected chi connectivity index (χ0v) is 6.50. The Kier molecular flexibility index (Phi) is 6.34. The van der Waals surface area contributed by atoms with Crippen molar-refractivity contribution in [2.75, 3.05) is 19.8 Å². The van der Waals surface area contributed by atoms with Gasteiger partial charge in [-0.2, -0.15) is 5.26 Å². The lowest BCUT2D eigenvalue weighted by molar-refractivity contribution is -0.148. The fourth-order valence-electron chi connectivity index (χ4n) is 0.476. The van der Waals surface area contributed by atoms with Gasteiger partial charge in [0.1, 0.15) is 6.61 Å². The number of rotatable bonds is 5. The van der Waals surface area contributed by atoms with Gasteiger partial charge in [0.25, 0.3) is 0 Å². The van der Waals surface area contributed by atoms with Gasteiger partial charge in [0.15, 0.2) is 0 Å². The average molecular weight is 157 g/mol. The molecule has 0 saturated carbocycles. The highest BCUT2D eigenvalue weighted by molar-refractivity contribution is 5.70. The van der Waals surface area contributed by atoms with Crippen molar-refractivity contribution in [3.05, 3.63) is 0 Å². The fourth-order valence-corrected chi connectivity index (χ4v) is 0.476. The zero-order chi connectivity index (χ0) is 8.53. The highest BCUT2D eigenvalue weighted by Crippen LogP contribution is 1.83. The monoisotopic (exact) mass is 157 g/mol. The molecule has 0 aliphatic heterocycles. The van der Waals surface area contributed by atoms with Crippen LogP contribution in [0, 0.1) is 11.3 Å². The minimum atomic E-state index is -0.384. The molecule has 4 nitrogen and oxygen atoms in total. The number of esters is 1. The van der Waals surface area contributed by atoms with Crippen molar-refractivity contribution in [3.63, 3.8) is 0 Å². The van der Waals surface area contributed by atoms with E-state index in [4.69, 9.17) is 10.00 Å². The summed E-state index contributed by atoms with van der Waals surface area (Å²) in [5, 5.41) is 8.09. The molecular formula is C7H11NO3. The molecule has 0 atom stereocenters. The van der Waals surface area contributed by atoms with Crippen molar-refractivity contribution in [1.29, 1.82) is 5.26 Å². The molecule has 0 radical (unpaired) electrons. The maximum Gasteiger partial charge on any atom is 0.332 e. The topological polar surface area (TPSA) is 59.3 Å². The van der Waals surface area contributed by atoms with Crippen molar-refractivity contribution in [1.82, 2.24) is 0 Å². The van der Waals surface area contributed by atoms with Gasteiger partial charge < -0.3 is 9.47 Å². The van der Waals surface area contributed by atoms with Crippen LogP contribution in [0.4, 0.5) is 0 Å². The van der Waals surface area contributed by atoms with Gasteiger partial charge in [0.2, 0.25) is 0 Å². The molecule has 0 unspecified atom stereocenters. The Bertz CT molecular complexity index is 150. The number of carbonyl (C=O) groups excluding carboxylic acids is 1. The average Bonchev–Trinajstić information content (AvgIpc) is 1.99. The summed E-state index contributed by atoms with van der Waals surface area (Å²) in [6.07, 6.45) is 0.305. The minimum Gasteiger partial charge on any atom is -0.464 e. The van der Waals surface area contributed by atoms with Gasteiger partial charge in [-0.05, 0) is 6.92 Å². The first-order chi connectivity index (χ1) is 5.31. The maximum atomic E-state index is 10.6. The van der Waals surface area contributed by atoms with Crippen LogP contribution in [0.1, 0.15) is 13.3 Å². The lowest BCUT2D eigenvalue weighted by Gasteiger charge is -2.00. The van der Waals surface area contributed by atoms with Gasteiger partial charge in [-0.15, -0.1) is 0 Å². The third kappa shape index (κ3) is 6.81. The first-order valence-corrected chi connectivity index (χ1v) is 3.41. The zero-order valence-electron chi connectivity index (χ0n) is 6.50. The van der Waals surface area contributed by atoms with E-state index in [9.17, 15) is 4.79 Å². The second-order valence-electron chi connectivity index (χ2n) is 1.77. The van der Waals surface area contributed by atoms with Crippen molar-refractivity contribution in [2.24, 2.45) is 0 Å². The molecule has 0 fully saturated rings. The van der Waals surface area contributed by atoms with E-state index >= 15 is 0 Å². The summed E-state index contributed by atoms with van der Waals surface area (Å²) >= 11 is 0. The van der Waals surface area contributed by atoms with E-state index in [1.807, 2.05) is 6.07 Å². The smallest absolute Gasteiger partial charge is 0.332 e. The maximum absolute atomic E-state index is 10.6. The lowest BCUT2D eigenvalue weighted by Crippen LogP contribution is -2.12. The van der Waals surface area contributed by atoms with Crippen LogP contribution in [-0.2, 0) is 14.3 Å². The third-order valence-electron chi connectivity index (χ3n) is 0.883. The van der Waals surface area contributed by atoms with E-state index in [0.29, 0.717) is 13.0 Å². The van der Waals surface area contributed by atoms with Crippen molar-refractivity contribution in [2.45, 2.75) is 13.3 Å². The van der Waals surface area contributed by atoms with E-state index in [0.717, 1.165) is 0 Å². The number of ether oxygens (including phenoxy) is 2. The molecule has 11 heavy (non-hydrogen) atoms. The van der Waals surface area contributed by atoms with E-state index in [-0.39, 0.29) is 19.2 Å². The predicted octanol–water partition coefficient (Wildman–Crippen LogP) is 0.480. The summed E-state index contributed by atoms with van der Waals surface area (Å²) in [5.74, 6) is -0.384. The molecule has 0 aromatic carbocycles. The lowest BCUT2D eigenvalue weighted by atomic mass is 10.5. The molecule has 62 valence electrons. The first kappa shape index (κ1) is 9.92. The number of carbonyl (C=O) groups is 1. The molecule has 0 N–H and O–H groups in total. The van der Waals surface area contributed by atoms with Crippen LogP contribution in [-0.4, -0.2) is 25.8 Å². The first-order valence-electron chi connectivity index (χ1n) is 3.41. The van der Waals surface area contributed by atoms with Crippen LogP contribution < -0.4 is 0 Å². The quantitative estimate of drug-likeness (QED) is 0.430. The fraction of sp³-hybridized carbons (Fsp3) is 0.714. The summed E-state index contributed by atoms with van der Waals surface area (Å²) in [4.78, 5) is 10.6. The number of hydrogen-bond donors (Lipinski definition) is 0. The summed E-state index contributed by atoms with van der Waals surface area (Å²) in [5.41, 5.74) is 0. The van der Waals surface area contributed by atoms with Gasteiger partial charge in [-0.25, -0.2) is 4.79 Å². The SMILES string of the molecule is CCOC(=O)COCCC#N. The molecule has 0 aliphatic rings. The summed E-state index contributed by atoms with van der Waals surface area (Å²) < 4.78 is 9.37. The van der Waals surface area contributed by atoms with Gasteiger partial charge in [0, 0.05) is 0 Å². The number of nitriles is 1. The normalized spacial score (nSPS) is 8.73. The predicted molar refractivity (Wildman–Crippen MR) is 37.7 cm³/mol. The minimum absolute atomic E-state index is 0.0600. The molecular weight excluding hydrogens is 146 g/mol. The highest BCUT2D eigenvalue weighted by atomic mass is 16.6. The van der Waals surface area contributed by atoms with Crippen LogP contribution in [0.5, 0.6) is 0 Å². The highest BCUT2D eigenvalue weighted by Gasteiger charge is 1.99. The molecule has 0 heterocycles. The summed E-state index contributed by atoms with van der Waals surface area (Å²) in [7, 11) is 0. The van der Waals surface area contributed by atoms with E-state index < -0.39 is 0 Å². The molecule has 0 aromatic heterocycles. The molecule has 4 heteroatoms. The summed E-state index contributed by atoms with van der Waals surface area (Å²) in [6.45, 7) is 2.32. The van der Waals surface area contributed by atoms with Crippen molar-refractivity contribution in [3.8, 4) is 6.07 Å². The largest absolute Gasteiger partial charge is 0.464 e. The van der Waals surface area contributed by atoms with Crippen LogP contribution in [0.15, 0.2) is 0 Å². The molecule has 0 aliphatic carbocycles. The number of nitrogens with zero attached hydrogens (tertiary/aromatic N) is 1. The van der Waals surface area contributed by atoms with Crippen molar-refractivity contribution < 1.29 is 14.3 Å². The Morgan fingerprint density at radius 1 is 1.64 bits per heavy atom. The Morgan fingerprint density at radius 2 is 2.36 bits per heavy atom. The second kappa shape index (κ2) is 7.03. The second-order valence-corrected chi connectivity index (χ2v) is 1.77. The third-order valence-corrected chi connectivity index (χ3v) is 0.883. The van der Waals surface area contributed by atoms with Gasteiger partial charge >= 0.3 is 5.97 Å².